The van der Waals surface area contributed by atoms with Gasteiger partial charge in [-0.05, 0) is 30.7 Å². The fourth-order valence-electron chi connectivity index (χ4n) is 3.18. The second kappa shape index (κ2) is 9.80. The molecule has 18 heavy (non-hydrogen) atoms. The molecule has 1 saturated carbocycles. The second-order valence-corrected chi connectivity index (χ2v) is 6.33. The summed E-state index contributed by atoms with van der Waals surface area (Å²) >= 11 is 0. The minimum atomic E-state index is 0.837. The first kappa shape index (κ1) is 16.0. The van der Waals surface area contributed by atoms with Gasteiger partial charge in [-0.1, -0.05) is 52.4 Å². The van der Waals surface area contributed by atoms with Crippen LogP contribution in [0.4, 0.5) is 0 Å². The average Bonchev–Trinajstić information content (AvgIpc) is 2.85. The van der Waals surface area contributed by atoms with Gasteiger partial charge in [0.15, 0.2) is 0 Å². The van der Waals surface area contributed by atoms with Crippen molar-refractivity contribution in [2.75, 3.05) is 26.8 Å². The van der Waals surface area contributed by atoms with Gasteiger partial charge in [0.25, 0.3) is 0 Å². The maximum Gasteiger partial charge on any atom is 0.0587 e. The van der Waals surface area contributed by atoms with Gasteiger partial charge in [0.1, 0.15) is 0 Å². The van der Waals surface area contributed by atoms with Crippen LogP contribution in [-0.4, -0.2) is 26.8 Å². The Morgan fingerprint density at radius 3 is 2.50 bits per heavy atom. The van der Waals surface area contributed by atoms with Crippen molar-refractivity contribution in [3.63, 3.8) is 0 Å². The van der Waals surface area contributed by atoms with Crippen LogP contribution in [0.3, 0.4) is 0 Å². The van der Waals surface area contributed by atoms with Crippen molar-refractivity contribution in [1.82, 2.24) is 5.32 Å². The van der Waals surface area contributed by atoms with Crippen molar-refractivity contribution in [3.8, 4) is 0 Å². The number of nitrogens with one attached hydrogen (secondary N) is 1. The highest BCUT2D eigenvalue weighted by molar-refractivity contribution is 4.77. The van der Waals surface area contributed by atoms with Crippen LogP contribution in [0.1, 0.15) is 58.8 Å². The van der Waals surface area contributed by atoms with Crippen molar-refractivity contribution in [2.45, 2.75) is 58.8 Å². The normalized spacial score (nSPS) is 18.7. The summed E-state index contributed by atoms with van der Waals surface area (Å²) in [4.78, 5) is 0. The van der Waals surface area contributed by atoms with Gasteiger partial charge in [0, 0.05) is 13.7 Å². The molecule has 0 heterocycles. The summed E-state index contributed by atoms with van der Waals surface area (Å²) in [6.07, 6.45) is 10.1. The molecular formula is C16H33NO. The fraction of sp³-hybridized carbons (Fsp3) is 1.00. The lowest BCUT2D eigenvalue weighted by Crippen LogP contribution is -2.29. The molecule has 0 saturated heterocycles. The standard InChI is InChI=1S/C16H33NO/c1-14(2)7-6-10-16(13-17-11-12-18-3)15-8-4-5-9-15/h14-17H,4-13H2,1-3H3. The van der Waals surface area contributed by atoms with Crippen LogP contribution >= 0.6 is 0 Å². The highest BCUT2D eigenvalue weighted by atomic mass is 16.5. The zero-order valence-corrected chi connectivity index (χ0v) is 12.7. The zero-order valence-electron chi connectivity index (χ0n) is 12.7. The molecule has 2 nitrogen and oxygen atoms in total. The molecule has 0 radical (unpaired) electrons. The van der Waals surface area contributed by atoms with Crippen molar-refractivity contribution >= 4 is 0 Å². The van der Waals surface area contributed by atoms with E-state index in [0.29, 0.717) is 0 Å². The van der Waals surface area contributed by atoms with Crippen LogP contribution in [-0.2, 0) is 4.74 Å². The third kappa shape index (κ3) is 6.75. The third-order valence-corrected chi connectivity index (χ3v) is 4.31. The Bertz CT molecular complexity index is 188. The minimum absolute atomic E-state index is 0.837. The SMILES string of the molecule is COCCNCC(CCCC(C)C)C1CCCC1. The molecule has 1 fully saturated rings. The Morgan fingerprint density at radius 2 is 1.89 bits per heavy atom. The van der Waals surface area contributed by atoms with Gasteiger partial charge in [-0.2, -0.15) is 0 Å². The summed E-state index contributed by atoms with van der Waals surface area (Å²) in [6.45, 7) is 7.71. The monoisotopic (exact) mass is 255 g/mol. The number of hydrogen-bond acceptors (Lipinski definition) is 2. The molecule has 1 atom stereocenters. The average molecular weight is 255 g/mol. The van der Waals surface area contributed by atoms with E-state index in [1.165, 1.54) is 51.5 Å². The Morgan fingerprint density at radius 1 is 1.17 bits per heavy atom. The first-order chi connectivity index (χ1) is 8.74. The van der Waals surface area contributed by atoms with Crippen LogP contribution < -0.4 is 5.32 Å². The van der Waals surface area contributed by atoms with Gasteiger partial charge < -0.3 is 10.1 Å². The lowest BCUT2D eigenvalue weighted by molar-refractivity contribution is 0.193. The molecular weight excluding hydrogens is 222 g/mol. The molecule has 0 aromatic carbocycles. The quantitative estimate of drug-likeness (QED) is 0.599. The highest BCUT2D eigenvalue weighted by Crippen LogP contribution is 2.33. The first-order valence-electron chi connectivity index (χ1n) is 7.93. The van der Waals surface area contributed by atoms with Crippen molar-refractivity contribution in [2.24, 2.45) is 17.8 Å². The fourth-order valence-corrected chi connectivity index (χ4v) is 3.18. The summed E-state index contributed by atoms with van der Waals surface area (Å²) in [5.41, 5.74) is 0. The lowest BCUT2D eigenvalue weighted by Gasteiger charge is -2.24. The van der Waals surface area contributed by atoms with Crippen molar-refractivity contribution in [1.29, 1.82) is 0 Å². The second-order valence-electron chi connectivity index (χ2n) is 6.33. The van der Waals surface area contributed by atoms with Crippen LogP contribution in [0.5, 0.6) is 0 Å². The Kier molecular flexibility index (Phi) is 8.70. The van der Waals surface area contributed by atoms with Gasteiger partial charge in [-0.3, -0.25) is 0 Å². The number of methoxy groups -OCH3 is 1. The molecule has 0 aromatic heterocycles. The number of hydrogen-bond donors (Lipinski definition) is 1. The molecule has 0 aromatic rings. The van der Waals surface area contributed by atoms with E-state index in [-0.39, 0.29) is 0 Å². The molecule has 0 spiro atoms. The van der Waals surface area contributed by atoms with E-state index >= 15 is 0 Å². The summed E-state index contributed by atoms with van der Waals surface area (Å²) < 4.78 is 5.10. The molecule has 2 heteroatoms. The Hall–Kier alpha value is -0.0800. The topological polar surface area (TPSA) is 21.3 Å². The summed E-state index contributed by atoms with van der Waals surface area (Å²) in [5, 5.41) is 3.58. The van der Waals surface area contributed by atoms with Gasteiger partial charge in [-0.25, -0.2) is 0 Å². The Labute approximate surface area is 114 Å². The molecule has 1 unspecified atom stereocenters. The van der Waals surface area contributed by atoms with E-state index in [9.17, 15) is 0 Å². The third-order valence-electron chi connectivity index (χ3n) is 4.31. The molecule has 1 aliphatic carbocycles. The maximum atomic E-state index is 5.10. The van der Waals surface area contributed by atoms with Gasteiger partial charge in [0.05, 0.1) is 6.61 Å². The first-order valence-corrected chi connectivity index (χ1v) is 7.93. The van der Waals surface area contributed by atoms with Crippen LogP contribution in [0, 0.1) is 17.8 Å². The van der Waals surface area contributed by atoms with Crippen molar-refractivity contribution in [3.05, 3.63) is 0 Å². The summed E-state index contributed by atoms with van der Waals surface area (Å²) in [6, 6.07) is 0. The number of rotatable bonds is 10. The van der Waals surface area contributed by atoms with E-state index in [2.05, 4.69) is 19.2 Å². The predicted molar refractivity (Wildman–Crippen MR) is 78.9 cm³/mol. The van der Waals surface area contributed by atoms with E-state index in [1.54, 1.807) is 7.11 Å². The molecule has 108 valence electrons. The van der Waals surface area contributed by atoms with Crippen molar-refractivity contribution < 1.29 is 4.74 Å². The molecule has 0 aliphatic heterocycles. The summed E-state index contributed by atoms with van der Waals surface area (Å²) in [5.74, 6) is 2.76. The molecule has 0 bridgehead atoms. The maximum absolute atomic E-state index is 5.10. The lowest BCUT2D eigenvalue weighted by atomic mass is 9.85. The largest absolute Gasteiger partial charge is 0.383 e. The van der Waals surface area contributed by atoms with Gasteiger partial charge in [0.2, 0.25) is 0 Å². The van der Waals surface area contributed by atoms with E-state index in [1.807, 2.05) is 0 Å². The van der Waals surface area contributed by atoms with Crippen LogP contribution in [0.2, 0.25) is 0 Å². The number of ether oxygens (including phenoxy) is 1. The molecule has 1 aliphatic rings. The molecule has 0 amide bonds. The minimum Gasteiger partial charge on any atom is -0.383 e. The van der Waals surface area contributed by atoms with E-state index in [0.717, 1.165) is 30.9 Å². The smallest absolute Gasteiger partial charge is 0.0587 e. The van der Waals surface area contributed by atoms with Crippen LogP contribution in [0.15, 0.2) is 0 Å². The predicted octanol–water partition coefficient (Wildman–Crippen LogP) is 3.86. The van der Waals surface area contributed by atoms with Gasteiger partial charge in [-0.15, -0.1) is 0 Å². The molecule has 1 rings (SSSR count). The Balaban J connectivity index is 2.22. The van der Waals surface area contributed by atoms with Gasteiger partial charge >= 0.3 is 0 Å². The zero-order chi connectivity index (χ0) is 13.2. The highest BCUT2D eigenvalue weighted by Gasteiger charge is 2.24. The van der Waals surface area contributed by atoms with Crippen LogP contribution in [0.25, 0.3) is 0 Å². The summed E-state index contributed by atoms with van der Waals surface area (Å²) in [7, 11) is 1.78. The van der Waals surface area contributed by atoms with E-state index < -0.39 is 0 Å². The van der Waals surface area contributed by atoms with E-state index in [4.69, 9.17) is 4.74 Å². The molecule has 1 N–H and O–H groups in total.